The molecule has 0 spiro atoms. The highest BCUT2D eigenvalue weighted by atomic mass is 35.5. The van der Waals surface area contributed by atoms with E-state index >= 15 is 0 Å². The molecular weight excluding hydrogens is 286 g/mol. The molecule has 3 nitrogen and oxygen atoms in total. The van der Waals surface area contributed by atoms with E-state index in [4.69, 9.17) is 16.3 Å². The summed E-state index contributed by atoms with van der Waals surface area (Å²) in [6.07, 6.45) is 2.19. The van der Waals surface area contributed by atoms with Gasteiger partial charge in [0.1, 0.15) is 5.75 Å². The molecular formula is C17H26ClNO2. The minimum Gasteiger partial charge on any atom is -0.491 e. The number of hydrogen-bond acceptors (Lipinski definition) is 2. The molecule has 1 aromatic rings. The van der Waals surface area contributed by atoms with Crippen LogP contribution in [0.1, 0.15) is 50.9 Å². The average molecular weight is 312 g/mol. The Balaban J connectivity index is 2.52. The second kappa shape index (κ2) is 8.93. The summed E-state index contributed by atoms with van der Waals surface area (Å²) in [5.74, 6) is 1.12. The third-order valence-electron chi connectivity index (χ3n) is 3.51. The Bertz CT molecular complexity index is 427. The molecule has 0 fully saturated rings. The molecule has 0 aliphatic carbocycles. The highest BCUT2D eigenvalue weighted by Crippen LogP contribution is 2.18. The van der Waals surface area contributed by atoms with Crippen LogP contribution in [0.2, 0.25) is 0 Å². The molecule has 0 saturated carbocycles. The van der Waals surface area contributed by atoms with Gasteiger partial charge in [-0.3, -0.25) is 4.79 Å². The smallest absolute Gasteiger partial charge is 0.251 e. The van der Waals surface area contributed by atoms with Gasteiger partial charge in [0.05, 0.1) is 11.5 Å². The summed E-state index contributed by atoms with van der Waals surface area (Å²) < 4.78 is 5.55. The van der Waals surface area contributed by atoms with Crippen molar-refractivity contribution in [3.05, 3.63) is 29.8 Å². The van der Waals surface area contributed by atoms with Crippen LogP contribution in [0.4, 0.5) is 0 Å². The SMILES string of the molecule is CCC(CC)C(Cl)CNC(=O)c1ccc(OC(C)C)cc1. The monoisotopic (exact) mass is 311 g/mol. The van der Waals surface area contributed by atoms with Crippen molar-refractivity contribution < 1.29 is 9.53 Å². The molecule has 0 radical (unpaired) electrons. The molecule has 21 heavy (non-hydrogen) atoms. The van der Waals surface area contributed by atoms with Gasteiger partial charge in [-0.25, -0.2) is 0 Å². The minimum absolute atomic E-state index is 0.0208. The van der Waals surface area contributed by atoms with Crippen molar-refractivity contribution in [2.75, 3.05) is 6.54 Å². The Morgan fingerprint density at radius 2 is 1.76 bits per heavy atom. The van der Waals surface area contributed by atoms with Gasteiger partial charge in [-0.1, -0.05) is 26.7 Å². The zero-order valence-electron chi connectivity index (χ0n) is 13.4. The number of alkyl halides is 1. The number of amides is 1. The molecule has 0 heterocycles. The number of halogens is 1. The Morgan fingerprint density at radius 1 is 1.19 bits per heavy atom. The molecule has 118 valence electrons. The summed E-state index contributed by atoms with van der Waals surface area (Å²) in [6.45, 7) is 8.69. The van der Waals surface area contributed by atoms with Crippen molar-refractivity contribution in [2.24, 2.45) is 5.92 Å². The van der Waals surface area contributed by atoms with Crippen LogP contribution in [0.5, 0.6) is 5.75 Å². The van der Waals surface area contributed by atoms with E-state index in [0.717, 1.165) is 18.6 Å². The fourth-order valence-electron chi connectivity index (χ4n) is 2.22. The second-order valence-electron chi connectivity index (χ2n) is 5.49. The quantitative estimate of drug-likeness (QED) is 0.729. The molecule has 1 aromatic carbocycles. The first-order valence-corrected chi connectivity index (χ1v) is 8.10. The largest absolute Gasteiger partial charge is 0.491 e. The van der Waals surface area contributed by atoms with Gasteiger partial charge in [0.15, 0.2) is 0 Å². The first-order valence-electron chi connectivity index (χ1n) is 7.66. The predicted octanol–water partition coefficient (Wildman–Crippen LogP) is 4.25. The van der Waals surface area contributed by atoms with Crippen LogP contribution in [0.15, 0.2) is 24.3 Å². The minimum atomic E-state index is -0.0947. The van der Waals surface area contributed by atoms with Gasteiger partial charge in [-0.2, -0.15) is 0 Å². The average Bonchev–Trinajstić information content (AvgIpc) is 2.46. The van der Waals surface area contributed by atoms with E-state index in [9.17, 15) is 4.79 Å². The standard InChI is InChI=1S/C17H26ClNO2/c1-5-13(6-2)16(18)11-19-17(20)14-7-9-15(10-8-14)21-12(3)4/h7-10,12-13,16H,5-6,11H2,1-4H3,(H,19,20). The normalized spacial score (nSPS) is 12.5. The van der Waals surface area contributed by atoms with Crippen molar-refractivity contribution in [3.63, 3.8) is 0 Å². The van der Waals surface area contributed by atoms with Crippen LogP contribution in [0.3, 0.4) is 0 Å². The zero-order valence-corrected chi connectivity index (χ0v) is 14.1. The first kappa shape index (κ1) is 17.8. The van der Waals surface area contributed by atoms with Crippen molar-refractivity contribution in [1.29, 1.82) is 0 Å². The van der Waals surface area contributed by atoms with E-state index in [1.807, 2.05) is 26.0 Å². The van der Waals surface area contributed by atoms with Crippen molar-refractivity contribution in [1.82, 2.24) is 5.32 Å². The molecule has 0 aliphatic rings. The maximum absolute atomic E-state index is 12.1. The van der Waals surface area contributed by atoms with Crippen LogP contribution in [0.25, 0.3) is 0 Å². The van der Waals surface area contributed by atoms with Crippen LogP contribution < -0.4 is 10.1 Å². The van der Waals surface area contributed by atoms with E-state index in [0.29, 0.717) is 18.0 Å². The van der Waals surface area contributed by atoms with Crippen LogP contribution >= 0.6 is 11.6 Å². The summed E-state index contributed by atoms with van der Waals surface area (Å²) in [5.41, 5.74) is 0.625. The number of ether oxygens (including phenoxy) is 1. The summed E-state index contributed by atoms with van der Waals surface area (Å²) in [6, 6.07) is 7.17. The summed E-state index contributed by atoms with van der Waals surface area (Å²) >= 11 is 6.33. The third-order valence-corrected chi connectivity index (χ3v) is 4.02. The van der Waals surface area contributed by atoms with Crippen LogP contribution in [0, 0.1) is 5.92 Å². The molecule has 4 heteroatoms. The molecule has 1 N–H and O–H groups in total. The van der Waals surface area contributed by atoms with E-state index in [2.05, 4.69) is 19.2 Å². The topological polar surface area (TPSA) is 38.3 Å². The molecule has 1 unspecified atom stereocenters. The Labute approximate surface area is 133 Å². The Kier molecular flexibility index (Phi) is 7.58. The molecule has 1 rings (SSSR count). The van der Waals surface area contributed by atoms with E-state index in [-0.39, 0.29) is 17.4 Å². The molecule has 0 bridgehead atoms. The number of rotatable bonds is 8. The van der Waals surface area contributed by atoms with Gasteiger partial charge in [0.2, 0.25) is 0 Å². The number of carbonyl (C=O) groups excluding carboxylic acids is 1. The summed E-state index contributed by atoms with van der Waals surface area (Å²) in [7, 11) is 0. The zero-order chi connectivity index (χ0) is 15.8. The maximum Gasteiger partial charge on any atom is 0.251 e. The van der Waals surface area contributed by atoms with Gasteiger partial charge in [0, 0.05) is 12.1 Å². The molecule has 1 atom stereocenters. The molecule has 0 aliphatic heterocycles. The highest BCUT2D eigenvalue weighted by molar-refractivity contribution is 6.21. The Hall–Kier alpha value is -1.22. The molecule has 1 amide bonds. The number of nitrogens with one attached hydrogen (secondary N) is 1. The second-order valence-corrected chi connectivity index (χ2v) is 6.05. The van der Waals surface area contributed by atoms with Crippen molar-refractivity contribution in [3.8, 4) is 5.75 Å². The number of carbonyl (C=O) groups is 1. The Morgan fingerprint density at radius 3 is 2.24 bits per heavy atom. The van der Waals surface area contributed by atoms with Gasteiger partial charge in [-0.15, -0.1) is 11.6 Å². The lowest BCUT2D eigenvalue weighted by molar-refractivity contribution is 0.0951. The fourth-order valence-corrected chi connectivity index (χ4v) is 2.65. The van der Waals surface area contributed by atoms with Crippen LogP contribution in [-0.4, -0.2) is 23.9 Å². The third kappa shape index (κ3) is 5.96. The van der Waals surface area contributed by atoms with E-state index < -0.39 is 0 Å². The number of hydrogen-bond donors (Lipinski definition) is 1. The first-order chi connectivity index (χ1) is 9.97. The lowest BCUT2D eigenvalue weighted by Crippen LogP contribution is -2.33. The number of benzene rings is 1. The van der Waals surface area contributed by atoms with Gasteiger partial charge < -0.3 is 10.1 Å². The predicted molar refractivity (Wildman–Crippen MR) is 88.3 cm³/mol. The lowest BCUT2D eigenvalue weighted by Gasteiger charge is -2.19. The molecule has 0 saturated heterocycles. The van der Waals surface area contributed by atoms with Crippen molar-refractivity contribution in [2.45, 2.75) is 52.0 Å². The van der Waals surface area contributed by atoms with E-state index in [1.165, 1.54) is 0 Å². The van der Waals surface area contributed by atoms with E-state index in [1.54, 1.807) is 12.1 Å². The van der Waals surface area contributed by atoms with Gasteiger partial charge >= 0.3 is 0 Å². The molecule has 0 aromatic heterocycles. The fraction of sp³-hybridized carbons (Fsp3) is 0.588. The van der Waals surface area contributed by atoms with Crippen LogP contribution in [-0.2, 0) is 0 Å². The summed E-state index contributed by atoms with van der Waals surface area (Å²) in [5, 5.41) is 2.88. The maximum atomic E-state index is 12.1. The summed E-state index contributed by atoms with van der Waals surface area (Å²) in [4.78, 5) is 12.1. The lowest BCUT2D eigenvalue weighted by atomic mass is 9.99. The van der Waals surface area contributed by atoms with Gasteiger partial charge in [0.25, 0.3) is 5.91 Å². The van der Waals surface area contributed by atoms with Crippen molar-refractivity contribution >= 4 is 17.5 Å². The van der Waals surface area contributed by atoms with Gasteiger partial charge in [-0.05, 0) is 44.0 Å². The highest BCUT2D eigenvalue weighted by Gasteiger charge is 2.16.